The predicted molar refractivity (Wildman–Crippen MR) is 55.7 cm³/mol. The van der Waals surface area contributed by atoms with Crippen molar-refractivity contribution in [2.24, 2.45) is 11.8 Å². The minimum absolute atomic E-state index is 0.201. The van der Waals surface area contributed by atoms with Crippen LogP contribution < -0.4 is 0 Å². The van der Waals surface area contributed by atoms with Gasteiger partial charge in [-0.15, -0.1) is 0 Å². The van der Waals surface area contributed by atoms with Crippen LogP contribution >= 0.6 is 0 Å². The summed E-state index contributed by atoms with van der Waals surface area (Å²) >= 11 is 0. The first kappa shape index (κ1) is 11.1. The summed E-state index contributed by atoms with van der Waals surface area (Å²) in [5.41, 5.74) is 1.54. The molecule has 0 aromatic carbocycles. The molecule has 1 aromatic rings. The number of aliphatic hydroxyl groups excluding tert-OH is 1. The van der Waals surface area contributed by atoms with Crippen LogP contribution in [0.1, 0.15) is 38.3 Å². The summed E-state index contributed by atoms with van der Waals surface area (Å²) in [6.45, 7) is 8.09. The van der Waals surface area contributed by atoms with Crippen molar-refractivity contribution in [3.63, 3.8) is 0 Å². The Hall–Kier alpha value is -0.960. The highest BCUT2D eigenvalue weighted by atomic mass is 16.3. The van der Waals surface area contributed by atoms with E-state index in [0.717, 1.165) is 5.69 Å². The Morgan fingerprint density at radius 1 is 1.14 bits per heavy atom. The van der Waals surface area contributed by atoms with E-state index >= 15 is 0 Å². The van der Waals surface area contributed by atoms with Crippen molar-refractivity contribution < 1.29 is 5.11 Å². The van der Waals surface area contributed by atoms with E-state index in [2.05, 4.69) is 24.0 Å². The molecule has 3 heteroatoms. The van der Waals surface area contributed by atoms with E-state index in [1.54, 1.807) is 0 Å². The lowest BCUT2D eigenvalue weighted by molar-refractivity contribution is 0.0873. The molecule has 1 rings (SSSR count). The summed E-state index contributed by atoms with van der Waals surface area (Å²) in [7, 11) is 0. The molecule has 1 heterocycles. The van der Waals surface area contributed by atoms with Crippen LogP contribution in [0.4, 0.5) is 0 Å². The molecule has 0 saturated carbocycles. The second-order valence-corrected chi connectivity index (χ2v) is 4.15. The standard InChI is InChI=1S/C11H18N2O/c1-7(2)9(4)11(14)10-6-5-8(3)12-13-10/h5-7,9,11,14H,1-4H3. The molecule has 0 fully saturated rings. The van der Waals surface area contributed by atoms with E-state index in [1.165, 1.54) is 0 Å². The Labute approximate surface area is 85.2 Å². The molecule has 0 aliphatic rings. The molecule has 0 aliphatic heterocycles. The van der Waals surface area contributed by atoms with Gasteiger partial charge in [-0.3, -0.25) is 0 Å². The van der Waals surface area contributed by atoms with E-state index in [4.69, 9.17) is 0 Å². The van der Waals surface area contributed by atoms with Gasteiger partial charge < -0.3 is 5.11 Å². The molecule has 2 atom stereocenters. The number of aromatic nitrogens is 2. The molecule has 0 saturated heterocycles. The Kier molecular flexibility index (Phi) is 3.58. The van der Waals surface area contributed by atoms with Gasteiger partial charge in [0.25, 0.3) is 0 Å². The van der Waals surface area contributed by atoms with Crippen LogP contribution in [0.3, 0.4) is 0 Å². The number of hydrogen-bond acceptors (Lipinski definition) is 3. The van der Waals surface area contributed by atoms with Crippen LogP contribution in [0, 0.1) is 18.8 Å². The lowest BCUT2D eigenvalue weighted by Gasteiger charge is -2.21. The maximum atomic E-state index is 9.95. The van der Waals surface area contributed by atoms with E-state index in [0.29, 0.717) is 11.6 Å². The zero-order chi connectivity index (χ0) is 10.7. The number of hydrogen-bond donors (Lipinski definition) is 1. The van der Waals surface area contributed by atoms with Crippen LogP contribution in [-0.4, -0.2) is 15.3 Å². The molecule has 14 heavy (non-hydrogen) atoms. The van der Waals surface area contributed by atoms with Crippen LogP contribution in [0.25, 0.3) is 0 Å². The topological polar surface area (TPSA) is 46.0 Å². The van der Waals surface area contributed by atoms with Gasteiger partial charge >= 0.3 is 0 Å². The average Bonchev–Trinajstić information content (AvgIpc) is 2.16. The Balaban J connectivity index is 2.78. The number of nitrogens with zero attached hydrogens (tertiary/aromatic N) is 2. The summed E-state index contributed by atoms with van der Waals surface area (Å²) in [6.07, 6.45) is -0.511. The van der Waals surface area contributed by atoms with Crippen molar-refractivity contribution in [1.29, 1.82) is 0 Å². The van der Waals surface area contributed by atoms with Crippen LogP contribution in [0.5, 0.6) is 0 Å². The smallest absolute Gasteiger partial charge is 0.101 e. The normalized spacial score (nSPS) is 15.6. The molecular formula is C11H18N2O. The lowest BCUT2D eigenvalue weighted by Crippen LogP contribution is -2.16. The molecule has 3 nitrogen and oxygen atoms in total. The van der Waals surface area contributed by atoms with Crippen LogP contribution in [-0.2, 0) is 0 Å². The zero-order valence-corrected chi connectivity index (χ0v) is 9.23. The highest BCUT2D eigenvalue weighted by Gasteiger charge is 2.20. The quantitative estimate of drug-likeness (QED) is 0.801. The van der Waals surface area contributed by atoms with Crippen molar-refractivity contribution in [2.75, 3.05) is 0 Å². The molecule has 2 unspecified atom stereocenters. The monoisotopic (exact) mass is 194 g/mol. The van der Waals surface area contributed by atoms with Crippen molar-refractivity contribution >= 4 is 0 Å². The first-order valence-corrected chi connectivity index (χ1v) is 5.00. The highest BCUT2D eigenvalue weighted by molar-refractivity contribution is 5.08. The fraction of sp³-hybridized carbons (Fsp3) is 0.636. The fourth-order valence-corrected chi connectivity index (χ4v) is 1.20. The minimum Gasteiger partial charge on any atom is -0.386 e. The van der Waals surface area contributed by atoms with E-state index < -0.39 is 6.10 Å². The van der Waals surface area contributed by atoms with Gasteiger partial charge in [0, 0.05) is 0 Å². The number of aliphatic hydroxyl groups is 1. The van der Waals surface area contributed by atoms with Crippen molar-refractivity contribution in [3.05, 3.63) is 23.5 Å². The van der Waals surface area contributed by atoms with Gasteiger partial charge in [0.15, 0.2) is 0 Å². The summed E-state index contributed by atoms with van der Waals surface area (Å²) in [6, 6.07) is 3.71. The summed E-state index contributed by atoms with van der Waals surface area (Å²) in [5, 5.41) is 17.9. The Morgan fingerprint density at radius 3 is 2.21 bits per heavy atom. The molecule has 0 radical (unpaired) electrons. The van der Waals surface area contributed by atoms with Gasteiger partial charge in [-0.1, -0.05) is 20.8 Å². The molecule has 1 N–H and O–H groups in total. The van der Waals surface area contributed by atoms with E-state index in [1.807, 2.05) is 26.0 Å². The molecule has 78 valence electrons. The van der Waals surface area contributed by atoms with E-state index in [-0.39, 0.29) is 5.92 Å². The predicted octanol–water partition coefficient (Wildman–Crippen LogP) is 2.11. The molecule has 0 spiro atoms. The van der Waals surface area contributed by atoms with Gasteiger partial charge in [-0.2, -0.15) is 10.2 Å². The van der Waals surface area contributed by atoms with Crippen molar-refractivity contribution in [2.45, 2.75) is 33.8 Å². The minimum atomic E-state index is -0.511. The summed E-state index contributed by atoms with van der Waals surface area (Å²) < 4.78 is 0. The third-order valence-electron chi connectivity index (χ3n) is 2.67. The Morgan fingerprint density at radius 2 is 1.79 bits per heavy atom. The second kappa shape index (κ2) is 4.51. The molecule has 0 bridgehead atoms. The first-order chi connectivity index (χ1) is 6.52. The Bertz CT molecular complexity index is 282. The van der Waals surface area contributed by atoms with Gasteiger partial charge in [-0.25, -0.2) is 0 Å². The second-order valence-electron chi connectivity index (χ2n) is 4.15. The van der Waals surface area contributed by atoms with E-state index in [9.17, 15) is 5.11 Å². The first-order valence-electron chi connectivity index (χ1n) is 5.00. The lowest BCUT2D eigenvalue weighted by atomic mass is 9.90. The summed E-state index contributed by atoms with van der Waals surface area (Å²) in [4.78, 5) is 0. The molecule has 1 aromatic heterocycles. The maximum Gasteiger partial charge on any atom is 0.101 e. The largest absolute Gasteiger partial charge is 0.386 e. The van der Waals surface area contributed by atoms with Gasteiger partial charge in [0.2, 0.25) is 0 Å². The van der Waals surface area contributed by atoms with Crippen molar-refractivity contribution in [3.8, 4) is 0 Å². The van der Waals surface area contributed by atoms with Gasteiger partial charge in [-0.05, 0) is 30.9 Å². The molecular weight excluding hydrogens is 176 g/mol. The zero-order valence-electron chi connectivity index (χ0n) is 9.23. The molecule has 0 aliphatic carbocycles. The van der Waals surface area contributed by atoms with Crippen LogP contribution in [0.2, 0.25) is 0 Å². The third-order valence-corrected chi connectivity index (χ3v) is 2.67. The van der Waals surface area contributed by atoms with Crippen LogP contribution in [0.15, 0.2) is 12.1 Å². The van der Waals surface area contributed by atoms with Crippen molar-refractivity contribution in [1.82, 2.24) is 10.2 Å². The number of rotatable bonds is 3. The SMILES string of the molecule is Cc1ccc(C(O)C(C)C(C)C)nn1. The number of aryl methyl sites for hydroxylation is 1. The molecule has 0 amide bonds. The maximum absolute atomic E-state index is 9.95. The average molecular weight is 194 g/mol. The summed E-state index contributed by atoms with van der Waals surface area (Å²) in [5.74, 6) is 0.639. The third kappa shape index (κ3) is 2.51. The van der Waals surface area contributed by atoms with Gasteiger partial charge in [0.1, 0.15) is 6.10 Å². The fourth-order valence-electron chi connectivity index (χ4n) is 1.20. The highest BCUT2D eigenvalue weighted by Crippen LogP contribution is 2.25. The van der Waals surface area contributed by atoms with Gasteiger partial charge in [0.05, 0.1) is 11.4 Å².